The molecule has 332 valence electrons. The minimum Gasteiger partial charge on any atom is -0.496 e. The summed E-state index contributed by atoms with van der Waals surface area (Å²) in [5.41, 5.74) is 2.00. The molecular weight excluding hydrogens is 854 g/mol. The summed E-state index contributed by atoms with van der Waals surface area (Å²) in [5, 5.41) is 18.1. The van der Waals surface area contributed by atoms with Crippen LogP contribution in [0.15, 0.2) is 60.2 Å². The van der Waals surface area contributed by atoms with Crippen LogP contribution in [0.1, 0.15) is 68.8 Å². The second-order valence-corrected chi connectivity index (χ2v) is 19.1. The molecule has 9 rings (SSSR count). The highest BCUT2D eigenvalue weighted by atomic mass is 79.9. The number of anilines is 1. The molecule has 62 heavy (non-hydrogen) atoms. The number of H-pyrrole nitrogens is 1. The number of benzene rings is 2. The Hall–Kier alpha value is -4.37. The van der Waals surface area contributed by atoms with Crippen LogP contribution in [0.25, 0.3) is 10.9 Å². The number of hydrogen-bond donors (Lipinski definition) is 3. The number of esters is 2. The quantitative estimate of drug-likeness (QED) is 0.0991. The number of aromatic amines is 1. The number of carbonyl (C=O) groups excluding carboxylic acids is 3. The Morgan fingerprint density at radius 3 is 2.61 bits per heavy atom. The maximum Gasteiger partial charge on any atom is 0.407 e. The normalized spacial score (nSPS) is 33.2. The molecule has 13 nitrogen and oxygen atoms in total. The number of methoxy groups -OCH3 is 2. The highest BCUT2D eigenvalue weighted by Crippen LogP contribution is 2.68. The number of aliphatic hydroxyl groups is 1. The number of fused-ring (bicyclic) bond motifs is 6. The molecule has 5 aliphatic heterocycles. The van der Waals surface area contributed by atoms with Gasteiger partial charge < -0.3 is 39.3 Å². The molecule has 2 bridgehead atoms. The smallest absolute Gasteiger partial charge is 0.407 e. The lowest BCUT2D eigenvalue weighted by molar-refractivity contribution is -0.217. The number of hydrogen-bond acceptors (Lipinski definition) is 11. The van der Waals surface area contributed by atoms with Gasteiger partial charge in [0.15, 0.2) is 0 Å². The fraction of sp³-hybridized carbons (Fsp3) is 0.562. The van der Waals surface area contributed by atoms with Gasteiger partial charge in [-0.15, -0.1) is 0 Å². The van der Waals surface area contributed by atoms with Gasteiger partial charge in [0.05, 0.1) is 26.8 Å². The fourth-order valence-electron chi connectivity index (χ4n) is 13.4. The second kappa shape index (κ2) is 16.0. The molecule has 0 radical (unpaired) electrons. The molecule has 2 aromatic carbocycles. The molecule has 2 unspecified atom stereocenters. The fourth-order valence-corrected chi connectivity index (χ4v) is 13.6. The van der Waals surface area contributed by atoms with Crippen molar-refractivity contribution in [3.8, 4) is 5.75 Å². The van der Waals surface area contributed by atoms with E-state index in [1.165, 1.54) is 19.6 Å². The minimum absolute atomic E-state index is 0.0273. The van der Waals surface area contributed by atoms with E-state index in [1.807, 2.05) is 19.2 Å². The van der Waals surface area contributed by atoms with Crippen molar-refractivity contribution >= 4 is 50.6 Å². The van der Waals surface area contributed by atoms with E-state index >= 15 is 4.79 Å². The Labute approximate surface area is 372 Å². The molecule has 1 aromatic heterocycles. The van der Waals surface area contributed by atoms with Gasteiger partial charge >= 0.3 is 18.0 Å². The first-order valence-corrected chi connectivity index (χ1v) is 23.3. The van der Waals surface area contributed by atoms with Crippen molar-refractivity contribution in [1.29, 1.82) is 0 Å². The van der Waals surface area contributed by atoms with Crippen molar-refractivity contribution in [2.75, 3.05) is 77.4 Å². The monoisotopic (exact) mass is 913 g/mol. The van der Waals surface area contributed by atoms with Crippen LogP contribution in [0.3, 0.4) is 0 Å². The Morgan fingerprint density at radius 2 is 1.89 bits per heavy atom. The van der Waals surface area contributed by atoms with Crippen molar-refractivity contribution in [2.45, 2.75) is 87.5 Å². The SMILES string of the molecule is CCC1=C[C@@H]2CN(CCc3c([nH]c4ccccc34)[C@@](C(=O)OC)(c3cc4c(cc3OC)N(C)[C@H]3C(O)(CNC(=O)OCCBr)[C@H](OC(C)=O)[C@]5(CC)C=CCN6CC[C@]43[C@@H]65)C2)C1. The summed E-state index contributed by atoms with van der Waals surface area (Å²) in [7, 11) is 5.10. The number of ether oxygens (including phenoxy) is 4. The van der Waals surface area contributed by atoms with Crippen molar-refractivity contribution in [1.82, 2.24) is 20.1 Å². The third-order valence-electron chi connectivity index (χ3n) is 15.5. The molecule has 14 heteroatoms. The number of para-hydroxylation sites is 1. The van der Waals surface area contributed by atoms with Crippen LogP contribution >= 0.6 is 15.9 Å². The number of aromatic nitrogens is 1. The number of halogens is 1. The number of alkyl halides is 1. The molecule has 6 aliphatic rings. The van der Waals surface area contributed by atoms with Gasteiger partial charge in [-0.05, 0) is 67.8 Å². The first-order valence-electron chi connectivity index (χ1n) is 22.2. The van der Waals surface area contributed by atoms with Crippen LogP contribution in [0.4, 0.5) is 10.5 Å². The van der Waals surface area contributed by atoms with Crippen molar-refractivity contribution < 1.29 is 38.4 Å². The van der Waals surface area contributed by atoms with Crippen LogP contribution in [-0.4, -0.2) is 134 Å². The zero-order valence-corrected chi connectivity index (χ0v) is 38.3. The van der Waals surface area contributed by atoms with E-state index in [0.29, 0.717) is 42.5 Å². The van der Waals surface area contributed by atoms with Crippen molar-refractivity contribution in [3.05, 3.63) is 82.6 Å². The summed E-state index contributed by atoms with van der Waals surface area (Å²) < 4.78 is 24.2. The number of rotatable bonds is 10. The summed E-state index contributed by atoms with van der Waals surface area (Å²) in [6.07, 6.45) is 8.27. The zero-order valence-electron chi connectivity index (χ0n) is 36.7. The lowest BCUT2D eigenvalue weighted by Gasteiger charge is -2.64. The zero-order chi connectivity index (χ0) is 43.8. The Kier molecular flexibility index (Phi) is 11.1. The van der Waals surface area contributed by atoms with Gasteiger partial charge in [0, 0.05) is 96.3 Å². The Bertz CT molecular complexity index is 2350. The summed E-state index contributed by atoms with van der Waals surface area (Å²) in [6, 6.07) is 11.6. The first kappa shape index (κ1) is 42.9. The van der Waals surface area contributed by atoms with Crippen molar-refractivity contribution in [2.24, 2.45) is 11.3 Å². The van der Waals surface area contributed by atoms with Crippen LogP contribution in [-0.2, 0) is 41.1 Å². The summed E-state index contributed by atoms with van der Waals surface area (Å²) in [4.78, 5) is 52.7. The topological polar surface area (TPSA) is 146 Å². The number of alkyl carbamates (subject to hydrolysis) is 1. The molecule has 6 heterocycles. The predicted octanol–water partition coefficient (Wildman–Crippen LogP) is 5.74. The van der Waals surface area contributed by atoms with E-state index in [-0.39, 0.29) is 31.1 Å². The summed E-state index contributed by atoms with van der Waals surface area (Å²) in [5.74, 6) is -0.326. The molecule has 9 atom stereocenters. The highest BCUT2D eigenvalue weighted by Gasteiger charge is 2.78. The standard InChI is InChI=1S/C48H60BrN5O8/c1-7-30-22-31-25-47(43(56)60-6,39-33(14-19-53(26-30)27-31)32-12-9-10-13-36(32)51-39)35-23-34-37(24-38(35)59-5)52(4)41-46(34)16-20-54-18-11-15-45(8-2,40(46)54)42(62-29(3)55)48(41,58)28-50-44(57)61-21-17-49/h9-13,15,22-24,31,40-42,51,58H,7-8,14,16-21,25-28H2,1-6H3,(H,50,57)/t31-,40-,41+,42+,45+,46+,47-,48?/m0/s1. The largest absolute Gasteiger partial charge is 0.496 e. The van der Waals surface area contributed by atoms with Gasteiger partial charge in [-0.1, -0.05) is 71.8 Å². The van der Waals surface area contributed by atoms with Gasteiger partial charge in [-0.25, -0.2) is 4.79 Å². The van der Waals surface area contributed by atoms with Crippen molar-refractivity contribution in [3.63, 3.8) is 0 Å². The first-order chi connectivity index (χ1) is 29.9. The van der Waals surface area contributed by atoms with E-state index in [9.17, 15) is 14.7 Å². The van der Waals surface area contributed by atoms with E-state index < -0.39 is 46.1 Å². The third kappa shape index (κ3) is 6.13. The number of nitrogens with zero attached hydrogens (tertiary/aromatic N) is 3. The molecule has 3 N–H and O–H groups in total. The average molecular weight is 915 g/mol. The van der Waals surface area contributed by atoms with Crippen LogP contribution in [0.5, 0.6) is 5.75 Å². The number of nitrogens with one attached hydrogen (secondary N) is 2. The van der Waals surface area contributed by atoms with Gasteiger partial charge in [-0.3, -0.25) is 19.4 Å². The van der Waals surface area contributed by atoms with Crippen LogP contribution < -0.4 is 15.0 Å². The number of likely N-dealkylation sites (N-methyl/N-ethyl adjacent to an activating group) is 1. The van der Waals surface area contributed by atoms with Gasteiger partial charge in [-0.2, -0.15) is 0 Å². The Balaban J connectivity index is 1.33. The molecule has 2 fully saturated rings. The number of amides is 1. The van der Waals surface area contributed by atoms with Gasteiger partial charge in [0.25, 0.3) is 0 Å². The van der Waals surface area contributed by atoms with E-state index in [2.05, 4.69) is 97.3 Å². The molecule has 1 amide bonds. The molecule has 1 aliphatic carbocycles. The van der Waals surface area contributed by atoms with Gasteiger partial charge in [0.1, 0.15) is 29.5 Å². The molecule has 1 spiro atoms. The van der Waals surface area contributed by atoms with Crippen LogP contribution in [0, 0.1) is 11.3 Å². The Morgan fingerprint density at radius 1 is 1.08 bits per heavy atom. The molecule has 1 saturated carbocycles. The maximum atomic E-state index is 15.4. The third-order valence-corrected chi connectivity index (χ3v) is 15.8. The van der Waals surface area contributed by atoms with E-state index in [0.717, 1.165) is 72.4 Å². The van der Waals surface area contributed by atoms with E-state index in [4.69, 9.17) is 18.9 Å². The maximum absolute atomic E-state index is 15.4. The van der Waals surface area contributed by atoms with E-state index in [1.54, 1.807) is 7.11 Å². The van der Waals surface area contributed by atoms with Crippen LogP contribution in [0.2, 0.25) is 0 Å². The molecular formula is C48H60BrN5O8. The van der Waals surface area contributed by atoms with Gasteiger partial charge in [0.2, 0.25) is 0 Å². The summed E-state index contributed by atoms with van der Waals surface area (Å²) >= 11 is 3.32. The predicted molar refractivity (Wildman–Crippen MR) is 240 cm³/mol. The number of carbonyl (C=O) groups is 3. The highest BCUT2D eigenvalue weighted by molar-refractivity contribution is 9.09. The average Bonchev–Trinajstić information content (AvgIpc) is 3.94. The second-order valence-electron chi connectivity index (χ2n) is 18.3. The summed E-state index contributed by atoms with van der Waals surface area (Å²) in [6.45, 7) is 9.54. The molecule has 3 aromatic rings. The molecule has 1 saturated heterocycles. The lowest BCUT2D eigenvalue weighted by atomic mass is 9.47. The lowest BCUT2D eigenvalue weighted by Crippen LogP contribution is -2.81. The minimum atomic E-state index is -1.82.